The molecule has 0 saturated carbocycles. The lowest BCUT2D eigenvalue weighted by molar-refractivity contribution is 0.0343. The van der Waals surface area contributed by atoms with Gasteiger partial charge in [-0.2, -0.15) is 0 Å². The monoisotopic (exact) mass is 265 g/mol. The molecule has 0 aliphatic carbocycles. The first kappa shape index (κ1) is 14.1. The Hall–Kier alpha value is -1.33. The van der Waals surface area contributed by atoms with Crippen LogP contribution < -0.4 is 11.3 Å². The van der Waals surface area contributed by atoms with Crippen molar-refractivity contribution in [3.05, 3.63) is 28.7 Å². The molecule has 0 spiro atoms. The molecule has 3 N–H and O–H groups in total. The second-order valence-electron chi connectivity index (χ2n) is 5.48. The minimum absolute atomic E-state index is 0.00312. The number of pyridine rings is 1. The molecule has 1 saturated heterocycles. The maximum Gasteiger partial charge on any atom is 0.250 e. The van der Waals surface area contributed by atoms with Crippen LogP contribution in [0.1, 0.15) is 19.8 Å². The molecule has 2 unspecified atom stereocenters. The zero-order valence-electron chi connectivity index (χ0n) is 11.5. The molecule has 0 aromatic carbocycles. The Balaban J connectivity index is 1.80. The van der Waals surface area contributed by atoms with Gasteiger partial charge in [-0.3, -0.25) is 4.79 Å². The fourth-order valence-corrected chi connectivity index (χ4v) is 2.61. The van der Waals surface area contributed by atoms with Crippen molar-refractivity contribution >= 4 is 5.69 Å². The summed E-state index contributed by atoms with van der Waals surface area (Å²) in [5.41, 5.74) is 6.29. The van der Waals surface area contributed by atoms with E-state index in [0.717, 1.165) is 32.5 Å². The van der Waals surface area contributed by atoms with Gasteiger partial charge in [0.25, 0.3) is 5.56 Å². The van der Waals surface area contributed by atoms with Gasteiger partial charge < -0.3 is 20.3 Å². The van der Waals surface area contributed by atoms with Gasteiger partial charge in [0.1, 0.15) is 0 Å². The fourth-order valence-electron chi connectivity index (χ4n) is 2.61. The van der Waals surface area contributed by atoms with Gasteiger partial charge in [-0.05, 0) is 31.4 Å². The minimum Gasteiger partial charge on any atom is -0.398 e. The Morgan fingerprint density at radius 3 is 2.95 bits per heavy atom. The summed E-state index contributed by atoms with van der Waals surface area (Å²) >= 11 is 0. The van der Waals surface area contributed by atoms with Crippen molar-refractivity contribution in [2.24, 2.45) is 5.92 Å². The van der Waals surface area contributed by atoms with E-state index in [0.29, 0.717) is 18.2 Å². The van der Waals surface area contributed by atoms with Crippen LogP contribution in [0.15, 0.2) is 23.1 Å². The van der Waals surface area contributed by atoms with Crippen LogP contribution >= 0.6 is 0 Å². The summed E-state index contributed by atoms with van der Waals surface area (Å²) in [4.78, 5) is 14.0. The first-order valence-corrected chi connectivity index (χ1v) is 6.92. The normalized spacial score (nSPS) is 24.5. The van der Waals surface area contributed by atoms with E-state index in [9.17, 15) is 9.90 Å². The second-order valence-corrected chi connectivity index (χ2v) is 5.48. The van der Waals surface area contributed by atoms with Gasteiger partial charge in [-0.25, -0.2) is 0 Å². The summed E-state index contributed by atoms with van der Waals surface area (Å²) < 4.78 is 1.66. The number of aliphatic hydroxyl groups excluding tert-OH is 1. The van der Waals surface area contributed by atoms with Crippen molar-refractivity contribution in [2.75, 3.05) is 25.4 Å². The molecule has 19 heavy (non-hydrogen) atoms. The third kappa shape index (κ3) is 3.81. The molecule has 5 heteroatoms. The average Bonchev–Trinajstić information content (AvgIpc) is 2.38. The van der Waals surface area contributed by atoms with E-state index in [1.807, 2.05) is 0 Å². The van der Waals surface area contributed by atoms with Crippen LogP contribution in [0.4, 0.5) is 5.69 Å². The zero-order valence-corrected chi connectivity index (χ0v) is 11.5. The average molecular weight is 265 g/mol. The highest BCUT2D eigenvalue weighted by atomic mass is 16.3. The summed E-state index contributed by atoms with van der Waals surface area (Å²) in [5, 5.41) is 9.68. The second kappa shape index (κ2) is 6.21. The van der Waals surface area contributed by atoms with Crippen molar-refractivity contribution in [3.63, 3.8) is 0 Å². The molecule has 1 aromatic heterocycles. The predicted molar refractivity (Wildman–Crippen MR) is 76.0 cm³/mol. The number of likely N-dealkylation sites (tertiary alicyclic amines) is 1. The third-order valence-corrected chi connectivity index (χ3v) is 3.82. The van der Waals surface area contributed by atoms with Gasteiger partial charge in [0.05, 0.1) is 6.10 Å². The molecule has 1 aliphatic rings. The molecule has 0 amide bonds. The Morgan fingerprint density at radius 2 is 2.21 bits per heavy atom. The fraction of sp³-hybridized carbons (Fsp3) is 0.643. The minimum atomic E-state index is -0.159. The van der Waals surface area contributed by atoms with Crippen LogP contribution in [-0.2, 0) is 6.54 Å². The first-order valence-electron chi connectivity index (χ1n) is 6.92. The van der Waals surface area contributed by atoms with Crippen molar-refractivity contribution in [2.45, 2.75) is 32.4 Å². The van der Waals surface area contributed by atoms with E-state index in [1.54, 1.807) is 16.8 Å². The predicted octanol–water partition coefficient (Wildman–Crippen LogP) is 0.523. The van der Waals surface area contributed by atoms with Crippen LogP contribution in [0.5, 0.6) is 0 Å². The Kier molecular flexibility index (Phi) is 4.61. The molecule has 106 valence electrons. The number of anilines is 1. The Labute approximate surface area is 113 Å². The van der Waals surface area contributed by atoms with Gasteiger partial charge in [-0.1, -0.05) is 6.92 Å². The van der Waals surface area contributed by atoms with Gasteiger partial charge in [-0.15, -0.1) is 0 Å². The summed E-state index contributed by atoms with van der Waals surface area (Å²) in [7, 11) is 0. The van der Waals surface area contributed by atoms with E-state index in [-0.39, 0.29) is 11.7 Å². The summed E-state index contributed by atoms with van der Waals surface area (Å²) in [6, 6.07) is 3.14. The van der Waals surface area contributed by atoms with Gasteiger partial charge >= 0.3 is 0 Å². The quantitative estimate of drug-likeness (QED) is 0.833. The molecule has 2 rings (SSSR count). The lowest BCUT2D eigenvalue weighted by atomic mass is 9.97. The lowest BCUT2D eigenvalue weighted by Gasteiger charge is -2.34. The smallest absolute Gasteiger partial charge is 0.250 e. The van der Waals surface area contributed by atoms with Gasteiger partial charge in [0, 0.05) is 37.6 Å². The highest BCUT2D eigenvalue weighted by Crippen LogP contribution is 2.16. The van der Waals surface area contributed by atoms with Gasteiger partial charge in [0.2, 0.25) is 0 Å². The van der Waals surface area contributed by atoms with Crippen molar-refractivity contribution in [1.82, 2.24) is 9.47 Å². The van der Waals surface area contributed by atoms with E-state index >= 15 is 0 Å². The number of nitrogens with two attached hydrogens (primary N) is 1. The lowest BCUT2D eigenvalue weighted by Crippen LogP contribution is -2.42. The molecule has 1 aliphatic heterocycles. The largest absolute Gasteiger partial charge is 0.398 e. The Bertz CT molecular complexity index is 472. The van der Waals surface area contributed by atoms with E-state index in [2.05, 4.69) is 11.8 Å². The van der Waals surface area contributed by atoms with Crippen LogP contribution in [0.3, 0.4) is 0 Å². The summed E-state index contributed by atoms with van der Waals surface area (Å²) in [6.07, 6.45) is 3.31. The molecular formula is C14H23N3O2. The molecule has 0 radical (unpaired) electrons. The number of hydrogen-bond acceptors (Lipinski definition) is 4. The molecule has 2 heterocycles. The molecular weight excluding hydrogens is 242 g/mol. The van der Waals surface area contributed by atoms with E-state index in [1.165, 1.54) is 6.07 Å². The Morgan fingerprint density at radius 1 is 1.42 bits per heavy atom. The maximum atomic E-state index is 11.6. The highest BCUT2D eigenvalue weighted by Gasteiger charge is 2.23. The zero-order chi connectivity index (χ0) is 13.8. The van der Waals surface area contributed by atoms with E-state index in [4.69, 9.17) is 5.73 Å². The van der Waals surface area contributed by atoms with Crippen LogP contribution in [-0.4, -0.2) is 40.3 Å². The standard InChI is InChI=1S/C14H23N3O2/c1-11-9-16(8-5-13(11)18)6-2-7-17-10-12(15)3-4-14(17)19/h3-4,10-11,13,18H,2,5-9,15H2,1H3. The molecule has 1 fully saturated rings. The first-order chi connectivity index (χ1) is 9.06. The molecule has 1 aromatic rings. The maximum absolute atomic E-state index is 11.6. The van der Waals surface area contributed by atoms with Crippen molar-refractivity contribution in [1.29, 1.82) is 0 Å². The molecule has 0 bridgehead atoms. The molecule has 5 nitrogen and oxygen atoms in total. The third-order valence-electron chi connectivity index (χ3n) is 3.82. The van der Waals surface area contributed by atoms with Crippen molar-refractivity contribution in [3.8, 4) is 0 Å². The number of aliphatic hydroxyl groups is 1. The van der Waals surface area contributed by atoms with Crippen LogP contribution in [0.2, 0.25) is 0 Å². The number of aryl methyl sites for hydroxylation is 1. The number of aromatic nitrogens is 1. The van der Waals surface area contributed by atoms with Crippen molar-refractivity contribution < 1.29 is 5.11 Å². The highest BCUT2D eigenvalue weighted by molar-refractivity contribution is 5.33. The van der Waals surface area contributed by atoms with E-state index < -0.39 is 0 Å². The number of nitrogen functional groups attached to an aromatic ring is 1. The van der Waals surface area contributed by atoms with Crippen LogP contribution in [0.25, 0.3) is 0 Å². The SMILES string of the molecule is CC1CN(CCCn2cc(N)ccc2=O)CCC1O. The van der Waals surface area contributed by atoms with Gasteiger partial charge in [0.15, 0.2) is 0 Å². The number of rotatable bonds is 4. The topological polar surface area (TPSA) is 71.5 Å². The number of nitrogens with zero attached hydrogens (tertiary/aromatic N) is 2. The van der Waals surface area contributed by atoms with Crippen LogP contribution in [0, 0.1) is 5.92 Å². The number of piperidine rings is 1. The molecule has 2 atom stereocenters. The number of hydrogen-bond donors (Lipinski definition) is 2. The summed E-state index contributed by atoms with van der Waals surface area (Å²) in [6.45, 7) is 5.61. The summed E-state index contributed by atoms with van der Waals surface area (Å²) in [5.74, 6) is 0.337.